The number of aromatic nitrogens is 2. The van der Waals surface area contributed by atoms with Gasteiger partial charge >= 0.3 is 0 Å². The van der Waals surface area contributed by atoms with Gasteiger partial charge in [-0.25, -0.2) is 10.4 Å². The van der Waals surface area contributed by atoms with Crippen LogP contribution in [0.15, 0.2) is 70.6 Å². The molecule has 126 valence electrons. The largest absolute Gasteiger partial charge is 0.489 e. The molecule has 0 radical (unpaired) electrons. The van der Waals surface area contributed by atoms with E-state index in [-0.39, 0.29) is 5.56 Å². The highest BCUT2D eigenvalue weighted by molar-refractivity contribution is 5.80. The van der Waals surface area contributed by atoms with Gasteiger partial charge in [0.05, 0.1) is 6.21 Å². The highest BCUT2D eigenvalue weighted by atomic mass is 16.5. The molecule has 0 spiro atoms. The second-order valence-electron chi connectivity index (χ2n) is 5.45. The third-order valence-electron chi connectivity index (χ3n) is 3.36. The summed E-state index contributed by atoms with van der Waals surface area (Å²) in [4.78, 5) is 18.1. The highest BCUT2D eigenvalue weighted by Gasteiger charge is 1.98. The number of nitrogens with zero attached hydrogens (tertiary/aromatic N) is 2. The first-order chi connectivity index (χ1) is 12.2. The zero-order chi connectivity index (χ0) is 17.5. The van der Waals surface area contributed by atoms with Crippen LogP contribution >= 0.6 is 0 Å². The number of benzene rings is 2. The molecule has 0 unspecified atom stereocenters. The average molecular weight is 334 g/mol. The Morgan fingerprint density at radius 1 is 1.16 bits per heavy atom. The van der Waals surface area contributed by atoms with E-state index < -0.39 is 0 Å². The third-order valence-corrected chi connectivity index (χ3v) is 3.36. The lowest BCUT2D eigenvalue weighted by Crippen LogP contribution is -2.10. The van der Waals surface area contributed by atoms with Gasteiger partial charge in [0.15, 0.2) is 0 Å². The maximum atomic E-state index is 11.4. The molecule has 2 N–H and O–H groups in total. The normalized spacial score (nSPS) is 10.8. The lowest BCUT2D eigenvalue weighted by atomic mass is 10.2. The second kappa shape index (κ2) is 7.92. The van der Waals surface area contributed by atoms with Crippen molar-refractivity contribution in [1.82, 2.24) is 9.97 Å². The topological polar surface area (TPSA) is 79.4 Å². The van der Waals surface area contributed by atoms with Gasteiger partial charge in [-0.05, 0) is 30.2 Å². The van der Waals surface area contributed by atoms with Crippen molar-refractivity contribution < 1.29 is 4.74 Å². The van der Waals surface area contributed by atoms with Gasteiger partial charge in [-0.2, -0.15) is 5.10 Å². The van der Waals surface area contributed by atoms with Crippen molar-refractivity contribution >= 4 is 12.2 Å². The van der Waals surface area contributed by atoms with Gasteiger partial charge in [0.1, 0.15) is 12.4 Å². The molecule has 0 aliphatic carbocycles. The minimum Gasteiger partial charge on any atom is -0.489 e. The molecule has 0 atom stereocenters. The molecule has 0 bridgehead atoms. The number of aryl methyl sites for hydroxylation is 1. The van der Waals surface area contributed by atoms with Crippen LogP contribution in [0, 0.1) is 6.92 Å². The van der Waals surface area contributed by atoms with Crippen molar-refractivity contribution in [1.29, 1.82) is 0 Å². The molecule has 0 aliphatic heterocycles. The zero-order valence-electron chi connectivity index (χ0n) is 13.8. The maximum Gasteiger partial charge on any atom is 0.252 e. The summed E-state index contributed by atoms with van der Waals surface area (Å²) in [7, 11) is 0. The van der Waals surface area contributed by atoms with E-state index >= 15 is 0 Å². The Morgan fingerprint density at radius 3 is 2.80 bits per heavy atom. The predicted octanol–water partition coefficient (Wildman–Crippen LogP) is 3.10. The van der Waals surface area contributed by atoms with E-state index in [4.69, 9.17) is 4.74 Å². The molecule has 6 heteroatoms. The van der Waals surface area contributed by atoms with Gasteiger partial charge < -0.3 is 4.74 Å². The molecule has 0 saturated heterocycles. The van der Waals surface area contributed by atoms with Crippen molar-refractivity contribution in [3.05, 3.63) is 87.8 Å². The highest BCUT2D eigenvalue weighted by Crippen LogP contribution is 2.14. The van der Waals surface area contributed by atoms with Crippen LogP contribution in [-0.2, 0) is 6.61 Å². The van der Waals surface area contributed by atoms with Crippen molar-refractivity contribution in [2.45, 2.75) is 13.5 Å². The third kappa shape index (κ3) is 5.04. The van der Waals surface area contributed by atoms with E-state index in [2.05, 4.69) is 20.5 Å². The van der Waals surface area contributed by atoms with E-state index in [1.807, 2.05) is 54.6 Å². The lowest BCUT2D eigenvalue weighted by molar-refractivity contribution is 0.306. The van der Waals surface area contributed by atoms with Crippen LogP contribution in [0.25, 0.3) is 0 Å². The molecule has 1 heterocycles. The lowest BCUT2D eigenvalue weighted by Gasteiger charge is -2.06. The van der Waals surface area contributed by atoms with Gasteiger partial charge in [-0.3, -0.25) is 9.78 Å². The van der Waals surface area contributed by atoms with Crippen LogP contribution in [-0.4, -0.2) is 16.2 Å². The Kier molecular flexibility index (Phi) is 5.21. The van der Waals surface area contributed by atoms with Gasteiger partial charge in [0, 0.05) is 11.8 Å². The summed E-state index contributed by atoms with van der Waals surface area (Å²) in [6.07, 6.45) is 1.64. The van der Waals surface area contributed by atoms with E-state index in [1.54, 1.807) is 13.1 Å². The van der Waals surface area contributed by atoms with Crippen LogP contribution in [0.4, 0.5) is 5.95 Å². The zero-order valence-corrected chi connectivity index (χ0v) is 13.8. The molecule has 0 saturated carbocycles. The molecule has 0 amide bonds. The number of nitrogens with one attached hydrogen (secondary N) is 2. The van der Waals surface area contributed by atoms with Gasteiger partial charge in [-0.1, -0.05) is 42.5 Å². The Bertz CT molecular complexity index is 920. The number of hydrogen-bond acceptors (Lipinski definition) is 5. The fraction of sp³-hybridized carbons (Fsp3) is 0.105. The van der Waals surface area contributed by atoms with Crippen LogP contribution < -0.4 is 15.7 Å². The first-order valence-corrected chi connectivity index (χ1v) is 7.83. The van der Waals surface area contributed by atoms with E-state index in [1.165, 1.54) is 6.07 Å². The molecule has 0 fully saturated rings. The van der Waals surface area contributed by atoms with E-state index in [0.717, 1.165) is 16.9 Å². The Labute approximate surface area is 145 Å². The number of anilines is 1. The molecular weight excluding hydrogens is 316 g/mol. The minimum absolute atomic E-state index is 0.221. The molecule has 3 rings (SSSR count). The molecule has 3 aromatic rings. The summed E-state index contributed by atoms with van der Waals surface area (Å²) < 4.78 is 5.79. The molecule has 1 aromatic heterocycles. The summed E-state index contributed by atoms with van der Waals surface area (Å²) in [6, 6.07) is 19.0. The number of hydrogen-bond donors (Lipinski definition) is 2. The van der Waals surface area contributed by atoms with Crippen molar-refractivity contribution in [3.63, 3.8) is 0 Å². The van der Waals surface area contributed by atoms with Crippen LogP contribution in [0.1, 0.15) is 16.8 Å². The summed E-state index contributed by atoms with van der Waals surface area (Å²) in [5.74, 6) is 1.06. The van der Waals surface area contributed by atoms with Crippen LogP contribution in [0.2, 0.25) is 0 Å². The van der Waals surface area contributed by atoms with Gasteiger partial charge in [-0.15, -0.1) is 0 Å². The Hall–Kier alpha value is -3.41. The first-order valence-electron chi connectivity index (χ1n) is 7.83. The minimum atomic E-state index is -0.221. The maximum absolute atomic E-state index is 11.4. The first kappa shape index (κ1) is 16.4. The smallest absolute Gasteiger partial charge is 0.252 e. The van der Waals surface area contributed by atoms with E-state index in [9.17, 15) is 4.79 Å². The van der Waals surface area contributed by atoms with Crippen molar-refractivity contribution in [2.75, 3.05) is 5.43 Å². The fourth-order valence-electron chi connectivity index (χ4n) is 2.23. The molecular formula is C19H18N4O2. The van der Waals surface area contributed by atoms with Crippen LogP contribution in [0.3, 0.4) is 0 Å². The monoisotopic (exact) mass is 334 g/mol. The molecule has 6 nitrogen and oxygen atoms in total. The number of ether oxygens (including phenoxy) is 1. The van der Waals surface area contributed by atoms with Crippen molar-refractivity contribution in [2.24, 2.45) is 5.10 Å². The number of rotatable bonds is 6. The number of hydrazone groups is 1. The van der Waals surface area contributed by atoms with Crippen LogP contribution in [0.5, 0.6) is 5.75 Å². The van der Waals surface area contributed by atoms with Gasteiger partial charge in [0.25, 0.3) is 5.56 Å². The summed E-state index contributed by atoms with van der Waals surface area (Å²) in [6.45, 7) is 2.26. The Balaban J connectivity index is 1.62. The molecule has 25 heavy (non-hydrogen) atoms. The average Bonchev–Trinajstić information content (AvgIpc) is 2.60. The van der Waals surface area contributed by atoms with Gasteiger partial charge in [0.2, 0.25) is 5.95 Å². The standard InChI is InChI=1S/C19H18N4O2/c1-14-10-18(24)22-19(21-14)23-20-12-16-8-5-9-17(11-16)25-13-15-6-3-2-4-7-15/h2-12H,13H2,1H3,(H2,21,22,23,24)/b20-12+. The number of aromatic amines is 1. The van der Waals surface area contributed by atoms with Crippen molar-refractivity contribution in [3.8, 4) is 5.75 Å². The summed E-state index contributed by atoms with van der Waals surface area (Å²) in [5.41, 5.74) is 5.09. The van der Waals surface area contributed by atoms with E-state index in [0.29, 0.717) is 18.2 Å². The quantitative estimate of drug-likeness (QED) is 0.536. The Morgan fingerprint density at radius 2 is 2.00 bits per heavy atom. The second-order valence-corrected chi connectivity index (χ2v) is 5.45. The summed E-state index contributed by atoms with van der Waals surface area (Å²) >= 11 is 0. The molecule has 2 aromatic carbocycles. The summed E-state index contributed by atoms with van der Waals surface area (Å²) in [5, 5.41) is 4.09. The molecule has 0 aliphatic rings. The number of H-pyrrole nitrogens is 1. The SMILES string of the molecule is Cc1cc(=O)[nH]c(N/N=C/c2cccc(OCc3ccccc3)c2)n1. The predicted molar refractivity (Wildman–Crippen MR) is 98.0 cm³/mol. The fourth-order valence-corrected chi connectivity index (χ4v) is 2.23.